The third-order valence-corrected chi connectivity index (χ3v) is 10.4. The number of hydrogen-bond donors (Lipinski definition) is 0. The smallest absolute Gasteiger partial charge is 0.136 e. The highest BCUT2D eigenvalue weighted by atomic mass is 16.3. The molecule has 1 heterocycles. The molecule has 0 aliphatic carbocycles. The van der Waals surface area contributed by atoms with Gasteiger partial charge in [0.15, 0.2) is 0 Å². The standard InChI is InChI=1S/C52H35NO/c1-4-14-36(15-5-1)40-26-28-45(29-27-40)53(46-34-43(37-16-6-2-7-17-37)33-44(35-46)38-18-8-3-9-19-38)48-30-31-50-52(47-22-12-13-23-49(47)54-50)51(48)42-25-24-39-20-10-11-21-41(39)32-42/h1-35H. The van der Waals surface area contributed by atoms with Gasteiger partial charge in [-0.25, -0.2) is 0 Å². The molecule has 0 atom stereocenters. The van der Waals surface area contributed by atoms with Crippen molar-refractivity contribution < 1.29 is 4.42 Å². The van der Waals surface area contributed by atoms with E-state index in [1.807, 2.05) is 6.07 Å². The zero-order valence-electron chi connectivity index (χ0n) is 29.6. The second-order valence-corrected chi connectivity index (χ2v) is 13.7. The van der Waals surface area contributed by atoms with Crippen molar-refractivity contribution in [2.45, 2.75) is 0 Å². The van der Waals surface area contributed by atoms with Gasteiger partial charge < -0.3 is 9.32 Å². The van der Waals surface area contributed by atoms with E-state index in [0.717, 1.165) is 61.3 Å². The van der Waals surface area contributed by atoms with Crippen molar-refractivity contribution in [3.63, 3.8) is 0 Å². The maximum atomic E-state index is 6.55. The molecule has 0 N–H and O–H groups in total. The van der Waals surface area contributed by atoms with Gasteiger partial charge in [0, 0.05) is 27.7 Å². The summed E-state index contributed by atoms with van der Waals surface area (Å²) >= 11 is 0. The highest BCUT2D eigenvalue weighted by Crippen LogP contribution is 2.48. The Morgan fingerprint density at radius 3 is 1.52 bits per heavy atom. The number of nitrogens with zero attached hydrogens (tertiary/aromatic N) is 1. The van der Waals surface area contributed by atoms with Crippen LogP contribution in [-0.4, -0.2) is 0 Å². The molecule has 0 aliphatic heterocycles. The van der Waals surface area contributed by atoms with E-state index in [-0.39, 0.29) is 0 Å². The van der Waals surface area contributed by atoms with E-state index in [0.29, 0.717) is 0 Å². The molecule has 1 aromatic heterocycles. The SMILES string of the molecule is c1ccc(-c2ccc(N(c3cc(-c4ccccc4)cc(-c4ccccc4)c3)c3ccc4oc5ccccc5c4c3-c3ccc4ccccc4c3)cc2)cc1. The zero-order chi connectivity index (χ0) is 35.8. The topological polar surface area (TPSA) is 16.4 Å². The van der Waals surface area contributed by atoms with Crippen LogP contribution >= 0.6 is 0 Å². The lowest BCUT2D eigenvalue weighted by molar-refractivity contribution is 0.669. The van der Waals surface area contributed by atoms with Gasteiger partial charge in [0.1, 0.15) is 11.2 Å². The first kappa shape index (κ1) is 31.6. The minimum atomic E-state index is 0.866. The van der Waals surface area contributed by atoms with Crippen LogP contribution in [-0.2, 0) is 0 Å². The Labute approximate surface area is 314 Å². The molecule has 0 amide bonds. The van der Waals surface area contributed by atoms with E-state index in [1.54, 1.807) is 0 Å². The summed E-state index contributed by atoms with van der Waals surface area (Å²) in [5, 5.41) is 4.61. The van der Waals surface area contributed by atoms with Gasteiger partial charge in [-0.3, -0.25) is 0 Å². The Hall–Kier alpha value is -7.16. The summed E-state index contributed by atoms with van der Waals surface area (Å²) in [4.78, 5) is 2.43. The van der Waals surface area contributed by atoms with Crippen molar-refractivity contribution in [2.24, 2.45) is 0 Å². The summed E-state index contributed by atoms with van der Waals surface area (Å²) in [6, 6.07) is 76.0. The van der Waals surface area contributed by atoms with Crippen LogP contribution < -0.4 is 4.90 Å². The molecule has 0 fully saturated rings. The lowest BCUT2D eigenvalue weighted by Crippen LogP contribution is -2.12. The van der Waals surface area contributed by atoms with Gasteiger partial charge in [-0.15, -0.1) is 0 Å². The first-order chi connectivity index (χ1) is 26.8. The highest BCUT2D eigenvalue weighted by molar-refractivity contribution is 6.17. The molecule has 54 heavy (non-hydrogen) atoms. The summed E-state index contributed by atoms with van der Waals surface area (Å²) in [6.07, 6.45) is 0. The molecular weight excluding hydrogens is 655 g/mol. The second kappa shape index (κ2) is 13.4. The molecule has 10 rings (SSSR count). The molecule has 0 unspecified atom stereocenters. The third kappa shape index (κ3) is 5.71. The van der Waals surface area contributed by atoms with E-state index in [9.17, 15) is 0 Å². The van der Waals surface area contributed by atoms with Gasteiger partial charge in [-0.05, 0) is 104 Å². The summed E-state index contributed by atoms with van der Waals surface area (Å²) in [7, 11) is 0. The monoisotopic (exact) mass is 689 g/mol. The van der Waals surface area contributed by atoms with E-state index >= 15 is 0 Å². The van der Waals surface area contributed by atoms with Crippen LogP contribution in [0.3, 0.4) is 0 Å². The first-order valence-corrected chi connectivity index (χ1v) is 18.4. The Balaban J connectivity index is 1.29. The third-order valence-electron chi connectivity index (χ3n) is 10.4. The quantitative estimate of drug-likeness (QED) is 0.166. The van der Waals surface area contributed by atoms with Crippen LogP contribution in [0.15, 0.2) is 217 Å². The van der Waals surface area contributed by atoms with Crippen molar-refractivity contribution in [1.82, 2.24) is 0 Å². The molecule has 254 valence electrons. The van der Waals surface area contributed by atoms with Crippen molar-refractivity contribution in [3.05, 3.63) is 212 Å². The number of fused-ring (bicyclic) bond motifs is 4. The number of rotatable bonds is 7. The fourth-order valence-electron chi connectivity index (χ4n) is 7.82. The maximum absolute atomic E-state index is 6.55. The van der Waals surface area contributed by atoms with Gasteiger partial charge in [-0.1, -0.05) is 158 Å². The molecule has 10 aromatic rings. The fraction of sp³-hybridized carbons (Fsp3) is 0. The van der Waals surface area contributed by atoms with Gasteiger partial charge >= 0.3 is 0 Å². The lowest BCUT2D eigenvalue weighted by Gasteiger charge is -2.29. The maximum Gasteiger partial charge on any atom is 0.136 e. The van der Waals surface area contributed by atoms with Crippen LogP contribution in [0, 0.1) is 0 Å². The minimum Gasteiger partial charge on any atom is -0.456 e. The predicted octanol–water partition coefficient (Wildman–Crippen LogP) is 14.9. The summed E-state index contributed by atoms with van der Waals surface area (Å²) in [5.74, 6) is 0. The summed E-state index contributed by atoms with van der Waals surface area (Å²) in [6.45, 7) is 0. The Morgan fingerprint density at radius 2 is 0.852 bits per heavy atom. The molecule has 0 saturated carbocycles. The molecule has 0 bridgehead atoms. The lowest BCUT2D eigenvalue weighted by atomic mass is 9.93. The molecule has 0 aliphatic rings. The second-order valence-electron chi connectivity index (χ2n) is 13.7. The average Bonchev–Trinajstić information content (AvgIpc) is 3.63. The van der Waals surface area contributed by atoms with Crippen LogP contribution in [0.1, 0.15) is 0 Å². The van der Waals surface area contributed by atoms with Gasteiger partial charge in [0.05, 0.1) is 5.69 Å². The van der Waals surface area contributed by atoms with Gasteiger partial charge in [0.2, 0.25) is 0 Å². The summed E-state index contributed by atoms with van der Waals surface area (Å²) in [5.41, 5.74) is 14.2. The number of hydrogen-bond acceptors (Lipinski definition) is 2. The average molecular weight is 690 g/mol. The van der Waals surface area contributed by atoms with Gasteiger partial charge in [-0.2, -0.15) is 0 Å². The number of anilines is 3. The molecule has 9 aromatic carbocycles. The normalized spacial score (nSPS) is 11.3. The molecule has 0 spiro atoms. The van der Waals surface area contributed by atoms with E-state index in [4.69, 9.17) is 4.42 Å². The number of furan rings is 1. The Kier molecular flexibility index (Phi) is 7.85. The van der Waals surface area contributed by atoms with Gasteiger partial charge in [0.25, 0.3) is 0 Å². The Morgan fingerprint density at radius 1 is 0.315 bits per heavy atom. The molecule has 0 radical (unpaired) electrons. The largest absolute Gasteiger partial charge is 0.456 e. The van der Waals surface area contributed by atoms with E-state index < -0.39 is 0 Å². The number of para-hydroxylation sites is 1. The van der Waals surface area contributed by atoms with Crippen LogP contribution in [0.2, 0.25) is 0 Å². The van der Waals surface area contributed by atoms with Crippen LogP contribution in [0.5, 0.6) is 0 Å². The predicted molar refractivity (Wildman–Crippen MR) is 228 cm³/mol. The van der Waals surface area contributed by atoms with E-state index in [2.05, 4.69) is 211 Å². The fourth-order valence-corrected chi connectivity index (χ4v) is 7.82. The minimum absolute atomic E-state index is 0.866. The van der Waals surface area contributed by atoms with Crippen molar-refractivity contribution in [1.29, 1.82) is 0 Å². The Bertz CT molecular complexity index is 2850. The molecule has 0 saturated heterocycles. The van der Waals surface area contributed by atoms with Crippen molar-refractivity contribution in [2.75, 3.05) is 4.90 Å². The van der Waals surface area contributed by atoms with Crippen LogP contribution in [0.4, 0.5) is 17.1 Å². The highest BCUT2D eigenvalue weighted by Gasteiger charge is 2.24. The van der Waals surface area contributed by atoms with Crippen molar-refractivity contribution in [3.8, 4) is 44.5 Å². The first-order valence-electron chi connectivity index (χ1n) is 18.4. The number of benzene rings is 9. The van der Waals surface area contributed by atoms with E-state index in [1.165, 1.54) is 33.0 Å². The summed E-state index contributed by atoms with van der Waals surface area (Å²) < 4.78 is 6.55. The van der Waals surface area contributed by atoms with Crippen molar-refractivity contribution >= 4 is 49.8 Å². The van der Waals surface area contributed by atoms with Crippen LogP contribution in [0.25, 0.3) is 77.2 Å². The molecular formula is C52H35NO. The zero-order valence-corrected chi connectivity index (χ0v) is 29.6. The molecule has 2 heteroatoms. The molecule has 2 nitrogen and oxygen atoms in total.